The van der Waals surface area contributed by atoms with Crippen LogP contribution in [0.5, 0.6) is 0 Å². The summed E-state index contributed by atoms with van der Waals surface area (Å²) in [5, 5.41) is 10.4. The fraction of sp³-hybridized carbons (Fsp3) is 0.0909. The van der Waals surface area contributed by atoms with Crippen LogP contribution in [-0.4, -0.2) is 25.3 Å². The summed E-state index contributed by atoms with van der Waals surface area (Å²) in [6.07, 6.45) is 4.06. The van der Waals surface area contributed by atoms with Gasteiger partial charge in [0.2, 0.25) is 0 Å². The molecule has 3 heterocycles. The Bertz CT molecular complexity index is 644. The minimum atomic E-state index is 0.373. The molecule has 0 aliphatic carbocycles. The molecule has 0 aromatic carbocycles. The lowest BCUT2D eigenvalue weighted by Gasteiger charge is -1.93. The Morgan fingerprint density at radius 1 is 1.39 bits per heavy atom. The summed E-state index contributed by atoms with van der Waals surface area (Å²) >= 11 is 0. The first kappa shape index (κ1) is 10.5. The van der Waals surface area contributed by atoms with Gasteiger partial charge in [0, 0.05) is 24.9 Å². The third-order valence-corrected chi connectivity index (χ3v) is 2.38. The van der Waals surface area contributed by atoms with Gasteiger partial charge in [-0.25, -0.2) is 0 Å². The number of pyridine rings is 1. The van der Waals surface area contributed by atoms with Crippen LogP contribution in [-0.2, 0) is 6.42 Å². The zero-order chi connectivity index (χ0) is 12.4. The Kier molecular flexibility index (Phi) is 2.49. The number of hydrogen-bond acceptors (Lipinski definition) is 6. The molecule has 3 aromatic heterocycles. The van der Waals surface area contributed by atoms with Crippen molar-refractivity contribution >= 4 is 5.82 Å². The zero-order valence-corrected chi connectivity index (χ0v) is 9.37. The second-order valence-corrected chi connectivity index (χ2v) is 3.76. The monoisotopic (exact) mass is 242 g/mol. The Morgan fingerprint density at radius 2 is 2.33 bits per heavy atom. The van der Waals surface area contributed by atoms with Crippen LogP contribution in [0.1, 0.15) is 11.4 Å². The van der Waals surface area contributed by atoms with Crippen LogP contribution in [0.25, 0.3) is 11.6 Å². The van der Waals surface area contributed by atoms with E-state index >= 15 is 0 Å². The van der Waals surface area contributed by atoms with Gasteiger partial charge in [-0.15, -0.1) is 0 Å². The van der Waals surface area contributed by atoms with Crippen molar-refractivity contribution in [3.05, 3.63) is 42.0 Å². The van der Waals surface area contributed by atoms with E-state index in [1.54, 1.807) is 18.5 Å². The summed E-state index contributed by atoms with van der Waals surface area (Å²) < 4.78 is 5.13. The van der Waals surface area contributed by atoms with Crippen molar-refractivity contribution in [2.75, 3.05) is 5.73 Å². The number of hydrogen-bond donors (Lipinski definition) is 2. The predicted octanol–water partition coefficient (Wildman–Crippen LogP) is 1.03. The highest BCUT2D eigenvalue weighted by Gasteiger charge is 2.11. The normalized spacial score (nSPS) is 10.7. The maximum Gasteiger partial charge on any atom is 0.276 e. The number of nitrogens with zero attached hydrogens (tertiary/aromatic N) is 4. The molecule has 0 fully saturated rings. The molecule has 0 saturated heterocycles. The van der Waals surface area contributed by atoms with E-state index in [-0.39, 0.29) is 0 Å². The van der Waals surface area contributed by atoms with Gasteiger partial charge in [-0.1, -0.05) is 11.2 Å². The molecule has 0 amide bonds. The summed E-state index contributed by atoms with van der Waals surface area (Å²) in [4.78, 5) is 8.29. The lowest BCUT2D eigenvalue weighted by atomic mass is 10.2. The first-order valence-electron chi connectivity index (χ1n) is 5.34. The fourth-order valence-electron chi connectivity index (χ4n) is 1.57. The molecule has 0 saturated carbocycles. The van der Waals surface area contributed by atoms with E-state index in [0.29, 0.717) is 29.6 Å². The molecule has 7 nitrogen and oxygen atoms in total. The Labute approximate surface area is 102 Å². The van der Waals surface area contributed by atoms with E-state index in [4.69, 9.17) is 10.3 Å². The molecule has 0 spiro atoms. The van der Waals surface area contributed by atoms with Gasteiger partial charge in [0.05, 0.1) is 0 Å². The zero-order valence-electron chi connectivity index (χ0n) is 9.37. The molecule has 3 N–H and O–H groups in total. The Morgan fingerprint density at radius 3 is 3.06 bits per heavy atom. The van der Waals surface area contributed by atoms with Crippen LogP contribution in [0.3, 0.4) is 0 Å². The highest BCUT2D eigenvalue weighted by molar-refractivity contribution is 5.51. The van der Waals surface area contributed by atoms with E-state index in [9.17, 15) is 0 Å². The van der Waals surface area contributed by atoms with Crippen molar-refractivity contribution < 1.29 is 4.52 Å². The third kappa shape index (κ3) is 2.05. The van der Waals surface area contributed by atoms with Crippen molar-refractivity contribution in [2.24, 2.45) is 0 Å². The summed E-state index contributed by atoms with van der Waals surface area (Å²) in [5.74, 6) is 1.35. The van der Waals surface area contributed by atoms with E-state index in [0.717, 1.165) is 5.56 Å². The lowest BCUT2D eigenvalue weighted by Crippen LogP contribution is -1.91. The molecule has 0 atom stereocenters. The van der Waals surface area contributed by atoms with Crippen LogP contribution in [0, 0.1) is 0 Å². The SMILES string of the molecule is Nc1cc(-c2nc(Cc3cccnc3)no2)[nH]n1. The Balaban J connectivity index is 1.82. The topological polar surface area (TPSA) is 107 Å². The van der Waals surface area contributed by atoms with E-state index < -0.39 is 0 Å². The van der Waals surface area contributed by atoms with Crippen molar-refractivity contribution in [3.8, 4) is 11.6 Å². The lowest BCUT2D eigenvalue weighted by molar-refractivity contribution is 0.422. The largest absolute Gasteiger partial charge is 0.382 e. The van der Waals surface area contributed by atoms with Crippen LogP contribution < -0.4 is 5.73 Å². The van der Waals surface area contributed by atoms with Crippen molar-refractivity contribution in [1.29, 1.82) is 0 Å². The van der Waals surface area contributed by atoms with E-state index in [1.807, 2.05) is 12.1 Å². The number of anilines is 1. The molecule has 3 rings (SSSR count). The maximum atomic E-state index is 5.51. The number of nitrogens with one attached hydrogen (secondary N) is 1. The van der Waals surface area contributed by atoms with Gasteiger partial charge in [-0.05, 0) is 11.6 Å². The summed E-state index contributed by atoms with van der Waals surface area (Å²) in [6, 6.07) is 5.46. The standard InChI is InChI=1S/C11H10N6O/c12-9-5-8(15-16-9)11-14-10(17-18-11)4-7-2-1-3-13-6-7/h1-3,5-6H,4H2,(H3,12,15,16). The second kappa shape index (κ2) is 4.28. The molecule has 0 aliphatic rings. The van der Waals surface area contributed by atoms with Crippen LogP contribution in [0.4, 0.5) is 5.82 Å². The van der Waals surface area contributed by atoms with Gasteiger partial charge in [-0.3, -0.25) is 10.1 Å². The highest BCUT2D eigenvalue weighted by Crippen LogP contribution is 2.16. The molecule has 3 aromatic rings. The third-order valence-electron chi connectivity index (χ3n) is 2.38. The molecule has 0 unspecified atom stereocenters. The van der Waals surface area contributed by atoms with Crippen LogP contribution >= 0.6 is 0 Å². The summed E-state index contributed by atoms with van der Waals surface area (Å²) in [6.45, 7) is 0. The number of nitrogen functional groups attached to an aromatic ring is 1. The molecule has 7 heteroatoms. The minimum absolute atomic E-state index is 0.373. The van der Waals surface area contributed by atoms with Gasteiger partial charge in [0.1, 0.15) is 11.5 Å². The van der Waals surface area contributed by atoms with Gasteiger partial charge >= 0.3 is 0 Å². The number of aromatic nitrogens is 5. The summed E-state index contributed by atoms with van der Waals surface area (Å²) in [5.41, 5.74) is 7.14. The minimum Gasteiger partial charge on any atom is -0.382 e. The van der Waals surface area contributed by atoms with Crippen molar-refractivity contribution in [1.82, 2.24) is 25.3 Å². The van der Waals surface area contributed by atoms with Crippen molar-refractivity contribution in [2.45, 2.75) is 6.42 Å². The first-order valence-corrected chi connectivity index (χ1v) is 5.34. The van der Waals surface area contributed by atoms with Gasteiger partial charge in [0.15, 0.2) is 5.82 Å². The van der Waals surface area contributed by atoms with Gasteiger partial charge in [-0.2, -0.15) is 10.1 Å². The van der Waals surface area contributed by atoms with E-state index in [2.05, 4.69) is 25.3 Å². The highest BCUT2D eigenvalue weighted by atomic mass is 16.5. The maximum absolute atomic E-state index is 5.51. The Hall–Kier alpha value is -2.70. The average molecular weight is 242 g/mol. The molecule has 0 aliphatic heterocycles. The molecule has 0 radical (unpaired) electrons. The average Bonchev–Trinajstić information content (AvgIpc) is 2.99. The first-order chi connectivity index (χ1) is 8.81. The van der Waals surface area contributed by atoms with Gasteiger partial charge < -0.3 is 10.3 Å². The van der Waals surface area contributed by atoms with Gasteiger partial charge in [0.25, 0.3) is 5.89 Å². The molecule has 18 heavy (non-hydrogen) atoms. The fourth-order valence-corrected chi connectivity index (χ4v) is 1.57. The molecular formula is C11H10N6O. The summed E-state index contributed by atoms with van der Waals surface area (Å²) in [7, 11) is 0. The van der Waals surface area contributed by atoms with Crippen LogP contribution in [0.2, 0.25) is 0 Å². The quantitative estimate of drug-likeness (QED) is 0.710. The molecule has 0 bridgehead atoms. The van der Waals surface area contributed by atoms with E-state index in [1.165, 1.54) is 0 Å². The number of H-pyrrole nitrogens is 1. The molecule has 90 valence electrons. The number of nitrogens with two attached hydrogens (primary N) is 1. The predicted molar refractivity (Wildman–Crippen MR) is 63.3 cm³/mol. The van der Waals surface area contributed by atoms with Crippen molar-refractivity contribution in [3.63, 3.8) is 0 Å². The second-order valence-electron chi connectivity index (χ2n) is 3.76. The number of aromatic amines is 1. The van der Waals surface area contributed by atoms with Crippen LogP contribution in [0.15, 0.2) is 35.1 Å². The number of rotatable bonds is 3. The molecular weight excluding hydrogens is 232 g/mol. The smallest absolute Gasteiger partial charge is 0.276 e.